The van der Waals surface area contributed by atoms with Gasteiger partial charge in [0.2, 0.25) is 0 Å². The number of fused-ring (bicyclic) bond motifs is 1. The van der Waals surface area contributed by atoms with E-state index in [1.807, 2.05) is 0 Å². The molecule has 0 bridgehead atoms. The van der Waals surface area contributed by atoms with Crippen molar-refractivity contribution in [1.82, 2.24) is 14.6 Å². The van der Waals surface area contributed by atoms with Gasteiger partial charge in [0, 0.05) is 6.20 Å². The fraction of sp³-hybridized carbons (Fsp3) is 0.300. The Morgan fingerprint density at radius 2 is 2.29 bits per heavy atom. The van der Waals surface area contributed by atoms with Crippen LogP contribution in [0, 0.1) is 0 Å². The van der Waals surface area contributed by atoms with E-state index in [9.17, 15) is 9.90 Å². The van der Waals surface area contributed by atoms with Crippen molar-refractivity contribution in [1.29, 1.82) is 0 Å². The number of carboxylic acid groups (broad SMARTS) is 1. The molecule has 3 rings (SSSR count). The zero-order valence-corrected chi connectivity index (χ0v) is 9.39. The first kappa shape index (κ1) is 10.5. The molecule has 0 saturated carbocycles. The highest BCUT2D eigenvalue weighted by Crippen LogP contribution is 2.30. The predicted octanol–water partition coefficient (Wildman–Crippen LogP) is 0.735. The Bertz CT molecular complexity index is 606. The van der Waals surface area contributed by atoms with Crippen molar-refractivity contribution in [3.05, 3.63) is 29.2 Å². The second kappa shape index (κ2) is 3.41. The fourth-order valence-electron chi connectivity index (χ4n) is 1.72. The van der Waals surface area contributed by atoms with Gasteiger partial charge in [0.25, 0.3) is 0 Å². The van der Waals surface area contributed by atoms with Gasteiger partial charge in [0.15, 0.2) is 16.9 Å². The van der Waals surface area contributed by atoms with E-state index in [1.54, 1.807) is 18.3 Å². The second-order valence-corrected chi connectivity index (χ2v) is 4.40. The third-order valence-corrected chi connectivity index (χ3v) is 3.05. The van der Waals surface area contributed by atoms with Gasteiger partial charge in [0.1, 0.15) is 0 Å². The number of ether oxygens (including phenoxy) is 1. The molecule has 0 spiro atoms. The summed E-state index contributed by atoms with van der Waals surface area (Å²) in [4.78, 5) is 15.5. The minimum atomic E-state index is -1.11. The average Bonchev–Trinajstić information content (AvgIpc) is 2.57. The van der Waals surface area contributed by atoms with Crippen molar-refractivity contribution in [2.75, 3.05) is 13.2 Å². The number of hydrogen-bond acceptors (Lipinski definition) is 4. The van der Waals surface area contributed by atoms with Crippen LogP contribution in [-0.2, 0) is 14.9 Å². The normalized spacial score (nSPS) is 17.9. The Kier molecular flexibility index (Phi) is 2.11. The molecule has 1 aliphatic rings. The van der Waals surface area contributed by atoms with E-state index in [1.165, 1.54) is 4.52 Å². The van der Waals surface area contributed by atoms with Crippen LogP contribution in [0.15, 0.2) is 18.3 Å². The van der Waals surface area contributed by atoms with E-state index in [-0.39, 0.29) is 19.0 Å². The molecular formula is C10H8ClN3O3. The Hall–Kier alpha value is -1.66. The third-order valence-electron chi connectivity index (χ3n) is 2.83. The summed E-state index contributed by atoms with van der Waals surface area (Å²) in [7, 11) is 0. The molecule has 0 atom stereocenters. The van der Waals surface area contributed by atoms with Crippen LogP contribution in [0.4, 0.5) is 0 Å². The van der Waals surface area contributed by atoms with Crippen molar-refractivity contribution in [3.63, 3.8) is 0 Å². The van der Waals surface area contributed by atoms with E-state index in [0.29, 0.717) is 10.7 Å². The molecule has 1 fully saturated rings. The van der Waals surface area contributed by atoms with Crippen LogP contribution in [0.2, 0.25) is 5.02 Å². The van der Waals surface area contributed by atoms with Gasteiger partial charge in [-0.25, -0.2) is 9.50 Å². The fourth-order valence-corrected chi connectivity index (χ4v) is 1.87. The number of hydrogen-bond donors (Lipinski definition) is 1. The number of aromatic nitrogens is 3. The summed E-state index contributed by atoms with van der Waals surface area (Å²) in [6, 6.07) is 3.37. The van der Waals surface area contributed by atoms with Crippen LogP contribution in [-0.4, -0.2) is 38.9 Å². The molecule has 17 heavy (non-hydrogen) atoms. The lowest BCUT2D eigenvalue weighted by Crippen LogP contribution is -2.53. The highest BCUT2D eigenvalue weighted by atomic mass is 35.5. The number of nitrogens with zero attached hydrogens (tertiary/aromatic N) is 3. The number of rotatable bonds is 2. The summed E-state index contributed by atoms with van der Waals surface area (Å²) in [5.41, 5.74) is -0.546. The first-order valence-corrected chi connectivity index (χ1v) is 5.33. The number of aliphatic carboxylic acids is 1. The minimum absolute atomic E-state index is 0.104. The van der Waals surface area contributed by atoms with E-state index >= 15 is 0 Å². The molecule has 88 valence electrons. The van der Waals surface area contributed by atoms with Crippen molar-refractivity contribution in [2.24, 2.45) is 0 Å². The average molecular weight is 254 g/mol. The maximum absolute atomic E-state index is 11.3. The lowest BCUT2D eigenvalue weighted by atomic mass is 9.85. The molecule has 1 saturated heterocycles. The molecule has 2 aromatic heterocycles. The maximum atomic E-state index is 11.3. The summed E-state index contributed by atoms with van der Waals surface area (Å²) in [5, 5.41) is 13.9. The molecule has 3 heterocycles. The Morgan fingerprint density at radius 1 is 1.53 bits per heavy atom. The smallest absolute Gasteiger partial charge is 0.322 e. The summed E-state index contributed by atoms with van der Waals surface area (Å²) in [6.07, 6.45) is 1.59. The van der Waals surface area contributed by atoms with Gasteiger partial charge in [-0.2, -0.15) is 0 Å². The lowest BCUT2D eigenvalue weighted by Gasteiger charge is -2.34. The molecule has 2 aromatic rings. The lowest BCUT2D eigenvalue weighted by molar-refractivity contribution is -0.164. The van der Waals surface area contributed by atoms with Gasteiger partial charge >= 0.3 is 5.97 Å². The first-order valence-electron chi connectivity index (χ1n) is 4.95. The highest BCUT2D eigenvalue weighted by Gasteiger charge is 2.51. The summed E-state index contributed by atoms with van der Waals surface area (Å²) < 4.78 is 6.45. The molecular weight excluding hydrogens is 246 g/mol. The van der Waals surface area contributed by atoms with E-state index in [4.69, 9.17) is 16.3 Å². The van der Waals surface area contributed by atoms with Crippen LogP contribution in [0.1, 0.15) is 5.82 Å². The van der Waals surface area contributed by atoms with Crippen molar-refractivity contribution in [2.45, 2.75) is 5.41 Å². The van der Waals surface area contributed by atoms with Crippen LogP contribution in [0.25, 0.3) is 5.65 Å². The number of carbonyl (C=O) groups is 1. The zero-order chi connectivity index (χ0) is 12.0. The van der Waals surface area contributed by atoms with Gasteiger partial charge < -0.3 is 9.84 Å². The molecule has 0 aromatic carbocycles. The van der Waals surface area contributed by atoms with Crippen LogP contribution >= 0.6 is 11.6 Å². The van der Waals surface area contributed by atoms with Gasteiger partial charge in [-0.3, -0.25) is 4.79 Å². The monoisotopic (exact) mass is 253 g/mol. The van der Waals surface area contributed by atoms with Crippen LogP contribution in [0.5, 0.6) is 0 Å². The van der Waals surface area contributed by atoms with Gasteiger partial charge in [-0.1, -0.05) is 11.6 Å². The molecule has 0 radical (unpaired) electrons. The van der Waals surface area contributed by atoms with Gasteiger partial charge in [0.05, 0.1) is 18.2 Å². The molecule has 6 nitrogen and oxygen atoms in total. The standard InChI is InChI=1S/C10H8ClN3O3/c11-6-1-2-7-12-8(13-14(7)3-6)10(9(15)16)4-17-5-10/h1-3H,4-5H2,(H,15,16). The minimum Gasteiger partial charge on any atom is -0.480 e. The SMILES string of the molecule is O=C(O)C1(c2nc3ccc(Cl)cn3n2)COC1. The molecule has 7 heteroatoms. The van der Waals surface area contributed by atoms with Crippen LogP contribution in [0.3, 0.4) is 0 Å². The zero-order valence-electron chi connectivity index (χ0n) is 8.63. The summed E-state index contributed by atoms with van der Waals surface area (Å²) in [5.74, 6) is -0.704. The predicted molar refractivity (Wildman–Crippen MR) is 58.1 cm³/mol. The third kappa shape index (κ3) is 1.41. The van der Waals surface area contributed by atoms with Crippen LogP contribution < -0.4 is 0 Å². The van der Waals surface area contributed by atoms with Crippen molar-refractivity contribution >= 4 is 23.2 Å². The maximum Gasteiger partial charge on any atom is 0.322 e. The number of pyridine rings is 1. The van der Waals surface area contributed by atoms with Gasteiger partial charge in [-0.05, 0) is 12.1 Å². The topological polar surface area (TPSA) is 76.7 Å². The molecule has 0 aliphatic carbocycles. The quantitative estimate of drug-likeness (QED) is 0.854. The van der Waals surface area contributed by atoms with E-state index in [0.717, 1.165) is 0 Å². The molecule has 0 unspecified atom stereocenters. The molecule has 1 aliphatic heterocycles. The highest BCUT2D eigenvalue weighted by molar-refractivity contribution is 6.30. The summed E-state index contributed by atoms with van der Waals surface area (Å²) in [6.45, 7) is 0.208. The Morgan fingerprint density at radius 3 is 2.88 bits per heavy atom. The Labute approximate surface area is 101 Å². The second-order valence-electron chi connectivity index (χ2n) is 3.97. The number of halogens is 1. The van der Waals surface area contributed by atoms with E-state index < -0.39 is 11.4 Å². The van der Waals surface area contributed by atoms with Crippen molar-refractivity contribution < 1.29 is 14.6 Å². The molecule has 1 N–H and O–H groups in total. The molecule has 0 amide bonds. The first-order chi connectivity index (χ1) is 8.12. The van der Waals surface area contributed by atoms with E-state index in [2.05, 4.69) is 10.1 Å². The van der Waals surface area contributed by atoms with Crippen molar-refractivity contribution in [3.8, 4) is 0 Å². The largest absolute Gasteiger partial charge is 0.480 e. The summed E-state index contributed by atoms with van der Waals surface area (Å²) >= 11 is 5.82. The van der Waals surface area contributed by atoms with Gasteiger partial charge in [-0.15, -0.1) is 5.10 Å². The number of carboxylic acids is 1. The Balaban J connectivity index is 2.14.